The minimum absolute atomic E-state index is 0.0905. The van der Waals surface area contributed by atoms with Gasteiger partial charge in [-0.2, -0.15) is 0 Å². The minimum atomic E-state index is -1.14. The van der Waals surface area contributed by atoms with Gasteiger partial charge in [-0.05, 0) is 22.3 Å². The maximum absolute atomic E-state index is 12.8. The fraction of sp³-hybridized carbons (Fsp3) is 0.257. The van der Waals surface area contributed by atoms with Crippen LogP contribution in [0.4, 0.5) is 4.79 Å². The van der Waals surface area contributed by atoms with Gasteiger partial charge < -0.3 is 24.1 Å². The summed E-state index contributed by atoms with van der Waals surface area (Å²) in [5, 5.41) is 10.5. The van der Waals surface area contributed by atoms with Gasteiger partial charge in [0.2, 0.25) is 0 Å². The highest BCUT2D eigenvalue weighted by Gasteiger charge is 2.56. The highest BCUT2D eigenvalue weighted by atomic mass is 16.6. The van der Waals surface area contributed by atoms with Crippen molar-refractivity contribution in [2.24, 2.45) is 5.92 Å². The van der Waals surface area contributed by atoms with E-state index in [0.717, 1.165) is 28.5 Å². The predicted octanol–water partition coefficient (Wildman–Crippen LogP) is 6.12. The Bertz CT molecular complexity index is 1390. The maximum Gasteiger partial charge on any atom is 0.407 e. The van der Waals surface area contributed by atoms with Gasteiger partial charge in [0, 0.05) is 6.54 Å². The number of carbonyl (C=O) groups excluding carboxylic acids is 1. The van der Waals surface area contributed by atoms with Crippen molar-refractivity contribution < 1.29 is 28.9 Å². The van der Waals surface area contributed by atoms with Crippen LogP contribution >= 0.6 is 0 Å². The van der Waals surface area contributed by atoms with E-state index in [2.05, 4.69) is 0 Å². The zero-order valence-electron chi connectivity index (χ0n) is 23.3. The average molecular weight is 566 g/mol. The van der Waals surface area contributed by atoms with Crippen molar-refractivity contribution >= 4 is 12.4 Å². The number of benzene rings is 4. The van der Waals surface area contributed by atoms with E-state index in [0.29, 0.717) is 0 Å². The molecule has 216 valence electrons. The Kier molecular flexibility index (Phi) is 10.1. The summed E-state index contributed by atoms with van der Waals surface area (Å²) in [5.74, 6) is -0.824. The number of carbonyl (C=O) groups is 2. The molecule has 42 heavy (non-hydrogen) atoms. The van der Waals surface area contributed by atoms with Gasteiger partial charge in [0.05, 0.1) is 37.9 Å². The number of aldehydes is 1. The van der Waals surface area contributed by atoms with Gasteiger partial charge in [-0.25, -0.2) is 4.79 Å². The smallest absolute Gasteiger partial charge is 0.407 e. The first-order chi connectivity index (χ1) is 20.6. The minimum Gasteiger partial charge on any atom is -0.465 e. The fourth-order valence-corrected chi connectivity index (χ4v) is 5.53. The van der Waals surface area contributed by atoms with Crippen LogP contribution in [0.2, 0.25) is 0 Å². The molecule has 0 bridgehead atoms. The summed E-state index contributed by atoms with van der Waals surface area (Å²) in [7, 11) is 0. The van der Waals surface area contributed by atoms with Gasteiger partial charge in [0.1, 0.15) is 18.5 Å². The second kappa shape index (κ2) is 14.5. The first-order valence-electron chi connectivity index (χ1n) is 14.1. The van der Waals surface area contributed by atoms with Crippen molar-refractivity contribution in [3.63, 3.8) is 0 Å². The molecule has 1 fully saturated rings. The highest BCUT2D eigenvalue weighted by Crippen LogP contribution is 2.38. The molecule has 0 aliphatic heterocycles. The molecule has 1 aliphatic rings. The molecule has 0 unspecified atom stereocenters. The summed E-state index contributed by atoms with van der Waals surface area (Å²) < 4.78 is 19.5. The molecule has 4 aromatic carbocycles. The largest absolute Gasteiger partial charge is 0.465 e. The van der Waals surface area contributed by atoms with Crippen LogP contribution in [0, 0.1) is 5.92 Å². The van der Waals surface area contributed by atoms with E-state index in [1.54, 1.807) is 0 Å². The zero-order chi connectivity index (χ0) is 29.1. The predicted molar refractivity (Wildman–Crippen MR) is 158 cm³/mol. The van der Waals surface area contributed by atoms with Gasteiger partial charge in [-0.1, -0.05) is 121 Å². The van der Waals surface area contributed by atoms with Crippen molar-refractivity contribution in [3.05, 3.63) is 144 Å². The van der Waals surface area contributed by atoms with E-state index in [1.165, 1.54) is 4.90 Å². The molecule has 7 nitrogen and oxygen atoms in total. The van der Waals surface area contributed by atoms with E-state index in [1.807, 2.05) is 121 Å². The van der Waals surface area contributed by atoms with Gasteiger partial charge in [-0.3, -0.25) is 4.90 Å². The first kappa shape index (κ1) is 29.2. The number of carboxylic acid groups (broad SMARTS) is 1. The molecule has 0 radical (unpaired) electrons. The Balaban J connectivity index is 1.51. The summed E-state index contributed by atoms with van der Waals surface area (Å²) in [4.78, 5) is 27.0. The molecule has 1 amide bonds. The summed E-state index contributed by atoms with van der Waals surface area (Å²) in [6.07, 6.45) is -2.57. The highest BCUT2D eigenvalue weighted by molar-refractivity contribution is 5.68. The van der Waals surface area contributed by atoms with Crippen LogP contribution in [0.25, 0.3) is 0 Å². The Labute approximate surface area is 246 Å². The molecule has 0 saturated heterocycles. The van der Waals surface area contributed by atoms with Gasteiger partial charge in [-0.15, -0.1) is 0 Å². The van der Waals surface area contributed by atoms with E-state index in [9.17, 15) is 14.7 Å². The third-order valence-electron chi connectivity index (χ3n) is 7.57. The Morgan fingerprint density at radius 2 is 0.976 bits per heavy atom. The summed E-state index contributed by atoms with van der Waals surface area (Å²) in [6, 6.07) is 37.6. The summed E-state index contributed by atoms with van der Waals surface area (Å²) in [6.45, 7) is 0.813. The van der Waals surface area contributed by atoms with Crippen molar-refractivity contribution in [3.8, 4) is 0 Å². The number of amides is 1. The molecule has 0 aromatic heterocycles. The Morgan fingerprint density at radius 3 is 1.38 bits per heavy atom. The molecule has 1 aliphatic carbocycles. The SMILES string of the molecule is O=C[C@H]1[C@@H](OCc2ccccc2)[C@H](OCc2ccccc2)[C@H](OCc2ccccc2)[C@H]1N(Cc1ccccc1)C(=O)O. The third-order valence-corrected chi connectivity index (χ3v) is 7.57. The van der Waals surface area contributed by atoms with Crippen LogP contribution in [0.5, 0.6) is 0 Å². The maximum atomic E-state index is 12.8. The second-order valence-electron chi connectivity index (χ2n) is 10.4. The normalized spacial score (nSPS) is 21.6. The van der Waals surface area contributed by atoms with Crippen LogP contribution in [-0.4, -0.2) is 46.7 Å². The van der Waals surface area contributed by atoms with Crippen LogP contribution < -0.4 is 0 Å². The van der Waals surface area contributed by atoms with Crippen molar-refractivity contribution in [1.29, 1.82) is 0 Å². The Morgan fingerprint density at radius 1 is 0.595 bits per heavy atom. The van der Waals surface area contributed by atoms with Crippen molar-refractivity contribution in [2.75, 3.05) is 0 Å². The lowest BCUT2D eigenvalue weighted by atomic mass is 10.0. The molecule has 4 aromatic rings. The Hall–Kier alpha value is -4.30. The first-order valence-corrected chi connectivity index (χ1v) is 14.1. The quantitative estimate of drug-likeness (QED) is 0.197. The molecule has 0 heterocycles. The number of hydrogen-bond acceptors (Lipinski definition) is 5. The molecule has 1 saturated carbocycles. The standard InChI is InChI=1S/C35H35NO6/c37-22-30-31(36(35(38)39)21-26-13-5-1-6-14-26)33(41-24-28-17-9-3-10-18-28)34(42-25-29-19-11-4-12-20-29)32(30)40-23-27-15-7-2-8-16-27/h1-20,22,30-34H,21,23-25H2,(H,38,39)/t30-,31+,32-,33-,34+/m1/s1. The second-order valence-corrected chi connectivity index (χ2v) is 10.4. The lowest BCUT2D eigenvalue weighted by Crippen LogP contribution is -2.50. The third kappa shape index (κ3) is 7.31. The number of ether oxygens (including phenoxy) is 3. The molecule has 7 heteroatoms. The van der Waals surface area contributed by atoms with Crippen molar-refractivity contribution in [2.45, 2.75) is 50.7 Å². The molecule has 5 atom stereocenters. The van der Waals surface area contributed by atoms with Gasteiger partial charge >= 0.3 is 6.09 Å². The lowest BCUT2D eigenvalue weighted by Gasteiger charge is -2.34. The fourth-order valence-electron chi connectivity index (χ4n) is 5.53. The van der Waals surface area contributed by atoms with Crippen LogP contribution in [0.3, 0.4) is 0 Å². The average Bonchev–Trinajstić information content (AvgIpc) is 3.34. The summed E-state index contributed by atoms with van der Waals surface area (Å²) >= 11 is 0. The van der Waals surface area contributed by atoms with Crippen LogP contribution in [0.1, 0.15) is 22.3 Å². The van der Waals surface area contributed by atoms with Crippen LogP contribution in [-0.2, 0) is 45.4 Å². The number of rotatable bonds is 13. The van der Waals surface area contributed by atoms with E-state index in [-0.39, 0.29) is 26.4 Å². The number of nitrogens with zero attached hydrogens (tertiary/aromatic N) is 1. The molecule has 1 N–H and O–H groups in total. The summed E-state index contributed by atoms with van der Waals surface area (Å²) in [5.41, 5.74) is 3.63. The zero-order valence-corrected chi connectivity index (χ0v) is 23.3. The topological polar surface area (TPSA) is 85.3 Å². The van der Waals surface area contributed by atoms with Gasteiger partial charge in [0.15, 0.2) is 0 Å². The van der Waals surface area contributed by atoms with E-state index in [4.69, 9.17) is 14.2 Å². The van der Waals surface area contributed by atoms with Crippen LogP contribution in [0.15, 0.2) is 121 Å². The lowest BCUT2D eigenvalue weighted by molar-refractivity contribution is -0.134. The molecule has 5 rings (SSSR count). The van der Waals surface area contributed by atoms with E-state index < -0.39 is 36.4 Å². The van der Waals surface area contributed by atoms with Gasteiger partial charge in [0.25, 0.3) is 0 Å². The number of hydrogen-bond donors (Lipinski definition) is 1. The van der Waals surface area contributed by atoms with Crippen molar-refractivity contribution in [1.82, 2.24) is 4.90 Å². The molecule has 0 spiro atoms. The monoisotopic (exact) mass is 565 g/mol. The molecular formula is C35H35NO6. The molecular weight excluding hydrogens is 530 g/mol. The van der Waals surface area contributed by atoms with E-state index >= 15 is 0 Å².